The van der Waals surface area contributed by atoms with Gasteiger partial charge in [0.2, 0.25) is 0 Å². The van der Waals surface area contributed by atoms with E-state index in [1.165, 1.54) is 6.07 Å². The van der Waals surface area contributed by atoms with E-state index in [0.29, 0.717) is 28.7 Å². The van der Waals surface area contributed by atoms with Gasteiger partial charge in [-0.05, 0) is 78.2 Å². The second kappa shape index (κ2) is 15.5. The smallest absolute Gasteiger partial charge is 0.416 e. The lowest BCUT2D eigenvalue weighted by molar-refractivity contribution is -0.137. The van der Waals surface area contributed by atoms with Crippen LogP contribution >= 0.6 is 23.2 Å². The molecule has 0 aliphatic carbocycles. The van der Waals surface area contributed by atoms with Crippen molar-refractivity contribution in [3.8, 4) is 5.75 Å². The molecular formula is C38H37Cl2F3N4O3. The van der Waals surface area contributed by atoms with Crippen molar-refractivity contribution in [1.82, 2.24) is 14.7 Å². The van der Waals surface area contributed by atoms with E-state index < -0.39 is 23.8 Å². The number of alkyl halides is 3. The van der Waals surface area contributed by atoms with Gasteiger partial charge in [-0.2, -0.15) is 13.2 Å². The predicted octanol–water partition coefficient (Wildman–Crippen LogP) is 7.91. The molecule has 2 heterocycles. The van der Waals surface area contributed by atoms with Crippen molar-refractivity contribution in [2.45, 2.75) is 31.7 Å². The van der Waals surface area contributed by atoms with E-state index in [1.807, 2.05) is 36.4 Å². The fraction of sp³-hybridized carbons (Fsp3) is 0.316. The Labute approximate surface area is 299 Å². The van der Waals surface area contributed by atoms with Gasteiger partial charge in [-0.3, -0.25) is 24.5 Å². The van der Waals surface area contributed by atoms with Gasteiger partial charge in [0.05, 0.1) is 30.4 Å². The number of hydrogen-bond acceptors (Lipinski definition) is 6. The number of aliphatic hydroxyl groups excluding tert-OH is 1. The van der Waals surface area contributed by atoms with Crippen LogP contribution in [0.5, 0.6) is 5.75 Å². The molecule has 2 aliphatic rings. The summed E-state index contributed by atoms with van der Waals surface area (Å²) < 4.78 is 47.2. The monoisotopic (exact) mass is 724 g/mol. The lowest BCUT2D eigenvalue weighted by atomic mass is 9.93. The summed E-state index contributed by atoms with van der Waals surface area (Å²) in [4.78, 5) is 25.9. The molecule has 7 nitrogen and oxygen atoms in total. The molecule has 0 aromatic heterocycles. The second-order valence-electron chi connectivity index (χ2n) is 12.3. The van der Waals surface area contributed by atoms with Crippen LogP contribution in [0.4, 0.5) is 13.2 Å². The van der Waals surface area contributed by atoms with Gasteiger partial charge in [-0.15, -0.1) is 0 Å². The van der Waals surface area contributed by atoms with Crippen LogP contribution in [0.25, 0.3) is 0 Å². The standard InChI is InChI=1S/C38H37Cl2F3N4O3/c1-2-50-33-23-29(38(41,42)43)11-16-32(33)36-44-34(26-7-12-30(39)13-8-26)35(27-9-14-31(40)15-10-27)47(36)37(49)28-5-3-25(4-6-28)24-46-19-17-45(18-20-46)21-22-48/h3-16,23,34-35,48H,2,17-22,24H2,1H3. The van der Waals surface area contributed by atoms with E-state index in [4.69, 9.17) is 32.9 Å². The first-order valence-electron chi connectivity index (χ1n) is 16.5. The maximum absolute atomic E-state index is 14.7. The van der Waals surface area contributed by atoms with Crippen LogP contribution < -0.4 is 4.74 Å². The van der Waals surface area contributed by atoms with E-state index in [9.17, 15) is 23.1 Å². The summed E-state index contributed by atoms with van der Waals surface area (Å²) in [6.07, 6.45) is -4.59. The largest absolute Gasteiger partial charge is 0.493 e. The highest BCUT2D eigenvalue weighted by molar-refractivity contribution is 6.30. The Balaban J connectivity index is 1.41. The summed E-state index contributed by atoms with van der Waals surface area (Å²) >= 11 is 12.5. The van der Waals surface area contributed by atoms with Gasteiger partial charge in [-0.25, -0.2) is 0 Å². The highest BCUT2D eigenvalue weighted by atomic mass is 35.5. The fourth-order valence-corrected chi connectivity index (χ4v) is 6.74. The molecule has 12 heteroatoms. The molecule has 2 aliphatic heterocycles. The minimum absolute atomic E-state index is 0.0279. The number of halogens is 5. The zero-order valence-electron chi connectivity index (χ0n) is 27.4. The Bertz CT molecular complexity index is 1810. The molecule has 1 saturated heterocycles. The van der Waals surface area contributed by atoms with Crippen LogP contribution in [0, 0.1) is 0 Å². The number of carbonyl (C=O) groups is 1. The van der Waals surface area contributed by atoms with Crippen molar-refractivity contribution >= 4 is 34.9 Å². The third-order valence-electron chi connectivity index (χ3n) is 9.05. The molecule has 1 amide bonds. The van der Waals surface area contributed by atoms with Gasteiger partial charge >= 0.3 is 6.18 Å². The highest BCUT2D eigenvalue weighted by Gasteiger charge is 2.44. The Hall–Kier alpha value is -3.93. The molecule has 1 fully saturated rings. The Morgan fingerprint density at radius 1 is 0.860 bits per heavy atom. The van der Waals surface area contributed by atoms with Gasteiger partial charge < -0.3 is 9.84 Å². The van der Waals surface area contributed by atoms with Crippen LogP contribution in [0.15, 0.2) is 96.0 Å². The molecular weight excluding hydrogens is 688 g/mol. The molecule has 4 aromatic rings. The number of hydrogen-bond donors (Lipinski definition) is 1. The van der Waals surface area contributed by atoms with E-state index in [2.05, 4.69) is 9.80 Å². The normalized spacial score (nSPS) is 18.7. The topological polar surface area (TPSA) is 68.6 Å². The Morgan fingerprint density at radius 2 is 1.46 bits per heavy atom. The number of aliphatic hydroxyl groups is 1. The van der Waals surface area contributed by atoms with Crippen molar-refractivity contribution in [1.29, 1.82) is 0 Å². The quantitative estimate of drug-likeness (QED) is 0.180. The molecule has 6 rings (SSSR count). The first-order valence-corrected chi connectivity index (χ1v) is 17.2. The SMILES string of the molecule is CCOc1cc(C(F)(F)F)ccc1C1=NC(c2ccc(Cl)cc2)C(c2ccc(Cl)cc2)N1C(=O)c1ccc(CN2CCN(CCO)CC2)cc1. The van der Waals surface area contributed by atoms with Gasteiger partial charge in [0.25, 0.3) is 5.91 Å². The van der Waals surface area contributed by atoms with Crippen molar-refractivity contribution in [2.75, 3.05) is 45.9 Å². The zero-order chi connectivity index (χ0) is 35.4. The van der Waals surface area contributed by atoms with Crippen LogP contribution in [-0.4, -0.2) is 77.5 Å². The molecule has 50 heavy (non-hydrogen) atoms. The second-order valence-corrected chi connectivity index (χ2v) is 13.2. The van der Waals surface area contributed by atoms with Crippen LogP contribution in [0.1, 0.15) is 57.2 Å². The summed E-state index contributed by atoms with van der Waals surface area (Å²) in [5, 5.41) is 10.3. The molecule has 1 N–H and O–H groups in total. The number of amidine groups is 1. The Morgan fingerprint density at radius 3 is 2.04 bits per heavy atom. The Kier molecular flexibility index (Phi) is 11.1. The summed E-state index contributed by atoms with van der Waals surface area (Å²) in [5.41, 5.74) is 2.34. The van der Waals surface area contributed by atoms with Crippen LogP contribution in [0.2, 0.25) is 10.0 Å². The molecule has 0 radical (unpaired) electrons. The van der Waals surface area contributed by atoms with Crippen molar-refractivity contribution < 1.29 is 27.8 Å². The number of aliphatic imine (C=N–C) groups is 1. The van der Waals surface area contributed by atoms with Gasteiger partial charge in [0.1, 0.15) is 17.6 Å². The third-order valence-corrected chi connectivity index (χ3v) is 9.55. The number of β-amino-alcohol motifs (C(OH)–C–C–N with tert-alkyl or cyclic N) is 1. The predicted molar refractivity (Wildman–Crippen MR) is 189 cm³/mol. The zero-order valence-corrected chi connectivity index (χ0v) is 28.9. The summed E-state index contributed by atoms with van der Waals surface area (Å²) in [6.45, 7) is 6.82. The lowest BCUT2D eigenvalue weighted by Gasteiger charge is -2.34. The molecule has 0 saturated carbocycles. The molecule has 0 spiro atoms. The molecule has 2 atom stereocenters. The highest BCUT2D eigenvalue weighted by Crippen LogP contribution is 2.46. The van der Waals surface area contributed by atoms with Gasteiger partial charge in [-0.1, -0.05) is 59.6 Å². The van der Waals surface area contributed by atoms with Crippen LogP contribution in [0.3, 0.4) is 0 Å². The fourth-order valence-electron chi connectivity index (χ4n) is 6.49. The average molecular weight is 726 g/mol. The summed E-state index contributed by atoms with van der Waals surface area (Å²) in [6, 6.07) is 23.6. The number of rotatable bonds is 10. The first kappa shape index (κ1) is 35.9. The number of ether oxygens (including phenoxy) is 1. The lowest BCUT2D eigenvalue weighted by Crippen LogP contribution is -2.46. The molecule has 262 valence electrons. The average Bonchev–Trinajstić information content (AvgIpc) is 3.50. The summed E-state index contributed by atoms with van der Waals surface area (Å²) in [7, 11) is 0. The van der Waals surface area contributed by atoms with Crippen LogP contribution in [-0.2, 0) is 12.7 Å². The minimum Gasteiger partial charge on any atom is -0.493 e. The van der Waals surface area contributed by atoms with E-state index >= 15 is 0 Å². The molecule has 2 unspecified atom stereocenters. The maximum atomic E-state index is 14.7. The van der Waals surface area contributed by atoms with E-state index in [0.717, 1.165) is 55.0 Å². The number of nitrogens with zero attached hydrogens (tertiary/aromatic N) is 4. The van der Waals surface area contributed by atoms with Gasteiger partial charge in [0, 0.05) is 54.9 Å². The number of carbonyl (C=O) groups excluding carboxylic acids is 1. The van der Waals surface area contributed by atoms with Gasteiger partial charge in [0.15, 0.2) is 0 Å². The van der Waals surface area contributed by atoms with Crippen molar-refractivity contribution in [3.05, 3.63) is 134 Å². The summed E-state index contributed by atoms with van der Waals surface area (Å²) in [5.74, 6) is -0.205. The molecule has 0 bridgehead atoms. The van der Waals surface area contributed by atoms with Crippen molar-refractivity contribution in [2.24, 2.45) is 4.99 Å². The number of piperazine rings is 1. The maximum Gasteiger partial charge on any atom is 0.416 e. The van der Waals surface area contributed by atoms with E-state index in [1.54, 1.807) is 48.2 Å². The number of amides is 1. The van der Waals surface area contributed by atoms with Crippen molar-refractivity contribution in [3.63, 3.8) is 0 Å². The third kappa shape index (κ3) is 8.00. The minimum atomic E-state index is -4.59. The van der Waals surface area contributed by atoms with E-state index in [-0.39, 0.29) is 36.3 Å². The first-order chi connectivity index (χ1) is 24.0. The molecule has 4 aromatic carbocycles. The number of benzene rings is 4.